The SMILES string of the molecule is CC1(C)C=Cc2cc(-c3coc4cc5c(c(O)c4c3=O)CC(O)C(C)(C)O5)c(O)cc2O1. The topological polar surface area (TPSA) is 109 Å². The van der Waals surface area contributed by atoms with Crippen LogP contribution < -0.4 is 14.9 Å². The first-order valence-electron chi connectivity index (χ1n) is 10.4. The van der Waals surface area contributed by atoms with Gasteiger partial charge in [0.15, 0.2) is 0 Å². The van der Waals surface area contributed by atoms with Gasteiger partial charge in [0.2, 0.25) is 5.43 Å². The molecule has 3 aromatic rings. The number of hydrogen-bond acceptors (Lipinski definition) is 7. The van der Waals surface area contributed by atoms with Crippen LogP contribution in [-0.2, 0) is 6.42 Å². The molecule has 0 saturated heterocycles. The summed E-state index contributed by atoms with van der Waals surface area (Å²) >= 11 is 0. The number of rotatable bonds is 1. The first kappa shape index (κ1) is 20.5. The van der Waals surface area contributed by atoms with Gasteiger partial charge in [-0.1, -0.05) is 6.08 Å². The Labute approximate surface area is 184 Å². The molecule has 32 heavy (non-hydrogen) atoms. The molecule has 2 aromatic carbocycles. The van der Waals surface area contributed by atoms with Crippen molar-refractivity contribution in [2.24, 2.45) is 0 Å². The van der Waals surface area contributed by atoms with E-state index in [1.807, 2.05) is 26.0 Å². The molecule has 1 unspecified atom stereocenters. The Morgan fingerprint density at radius 1 is 1.00 bits per heavy atom. The Kier molecular flexibility index (Phi) is 4.17. The van der Waals surface area contributed by atoms with Crippen LogP contribution >= 0.6 is 0 Å². The third kappa shape index (κ3) is 3.04. The lowest BCUT2D eigenvalue weighted by molar-refractivity contribution is -0.0415. The number of phenols is 2. The highest BCUT2D eigenvalue weighted by Gasteiger charge is 2.38. The quantitative estimate of drug-likeness (QED) is 0.526. The van der Waals surface area contributed by atoms with Crippen molar-refractivity contribution in [2.75, 3.05) is 0 Å². The van der Waals surface area contributed by atoms with Crippen LogP contribution in [0.3, 0.4) is 0 Å². The van der Waals surface area contributed by atoms with Crippen molar-refractivity contribution in [3.05, 3.63) is 51.9 Å². The fourth-order valence-electron chi connectivity index (χ4n) is 4.18. The van der Waals surface area contributed by atoms with Crippen molar-refractivity contribution < 1.29 is 29.2 Å². The van der Waals surface area contributed by atoms with E-state index < -0.39 is 22.7 Å². The van der Waals surface area contributed by atoms with Crippen molar-refractivity contribution >= 4 is 17.0 Å². The zero-order valence-corrected chi connectivity index (χ0v) is 18.2. The van der Waals surface area contributed by atoms with E-state index in [0.29, 0.717) is 22.6 Å². The van der Waals surface area contributed by atoms with Gasteiger partial charge in [0.25, 0.3) is 0 Å². The molecule has 0 radical (unpaired) electrons. The van der Waals surface area contributed by atoms with Gasteiger partial charge < -0.3 is 29.2 Å². The summed E-state index contributed by atoms with van der Waals surface area (Å²) in [5.41, 5.74) is -0.258. The maximum atomic E-state index is 13.4. The van der Waals surface area contributed by atoms with E-state index in [1.54, 1.807) is 26.0 Å². The number of aliphatic hydroxyl groups is 1. The summed E-state index contributed by atoms with van der Waals surface area (Å²) in [7, 11) is 0. The second-order valence-corrected chi connectivity index (χ2v) is 9.42. The van der Waals surface area contributed by atoms with Gasteiger partial charge in [0.05, 0.1) is 11.7 Å². The number of ether oxygens (including phenoxy) is 2. The lowest BCUT2D eigenvalue weighted by atomic mass is 9.89. The molecule has 166 valence electrons. The second kappa shape index (κ2) is 6.53. The highest BCUT2D eigenvalue weighted by atomic mass is 16.5. The van der Waals surface area contributed by atoms with Crippen molar-refractivity contribution in [2.45, 2.75) is 51.4 Å². The first-order valence-corrected chi connectivity index (χ1v) is 10.4. The second-order valence-electron chi connectivity index (χ2n) is 9.42. The van der Waals surface area contributed by atoms with E-state index in [9.17, 15) is 20.1 Å². The van der Waals surface area contributed by atoms with Gasteiger partial charge in [-0.15, -0.1) is 0 Å². The molecule has 0 fully saturated rings. The molecule has 0 bridgehead atoms. The van der Waals surface area contributed by atoms with Gasteiger partial charge in [0.1, 0.15) is 51.4 Å². The first-order chi connectivity index (χ1) is 15.0. The predicted octanol–water partition coefficient (Wildman–Crippen LogP) is 4.13. The van der Waals surface area contributed by atoms with E-state index in [-0.39, 0.29) is 40.0 Å². The molecule has 7 nitrogen and oxygen atoms in total. The van der Waals surface area contributed by atoms with Gasteiger partial charge in [-0.3, -0.25) is 4.79 Å². The number of aromatic hydroxyl groups is 2. The van der Waals surface area contributed by atoms with E-state index in [0.717, 1.165) is 0 Å². The van der Waals surface area contributed by atoms with Crippen LogP contribution in [0.1, 0.15) is 38.8 Å². The van der Waals surface area contributed by atoms with E-state index >= 15 is 0 Å². The van der Waals surface area contributed by atoms with Crippen LogP contribution in [0.4, 0.5) is 0 Å². The van der Waals surface area contributed by atoms with Crippen LogP contribution in [-0.4, -0.2) is 32.6 Å². The lowest BCUT2D eigenvalue weighted by Gasteiger charge is -2.37. The van der Waals surface area contributed by atoms with Crippen molar-refractivity contribution in [3.63, 3.8) is 0 Å². The standard InChI is InChI=1S/C25H24O7/c1-24(2)6-5-12-7-13(16(26)9-17(12)31-24)15-11-30-19-10-18-14(22(28)21(19)23(15)29)8-20(27)25(3,4)32-18/h5-7,9-11,20,26-28H,8H2,1-4H3. The van der Waals surface area contributed by atoms with Crippen LogP contribution in [0.5, 0.6) is 23.0 Å². The summed E-state index contributed by atoms with van der Waals surface area (Å²) < 4.78 is 17.4. The summed E-state index contributed by atoms with van der Waals surface area (Å²) in [6, 6.07) is 4.67. The zero-order chi connectivity index (χ0) is 23.0. The molecule has 0 aliphatic carbocycles. The van der Waals surface area contributed by atoms with E-state index in [1.165, 1.54) is 12.3 Å². The van der Waals surface area contributed by atoms with Crippen LogP contribution in [0, 0.1) is 0 Å². The largest absolute Gasteiger partial charge is 0.507 e. The Balaban J connectivity index is 1.69. The van der Waals surface area contributed by atoms with Crippen molar-refractivity contribution in [1.82, 2.24) is 0 Å². The number of phenolic OH excluding ortho intramolecular Hbond substituents is 2. The Bertz CT molecular complexity index is 1360. The average Bonchev–Trinajstić information content (AvgIpc) is 2.69. The average molecular weight is 436 g/mol. The molecule has 3 heterocycles. The minimum absolute atomic E-state index is 0.0261. The molecule has 1 aromatic heterocycles. The Morgan fingerprint density at radius 3 is 2.50 bits per heavy atom. The molecule has 2 aliphatic heterocycles. The van der Waals surface area contributed by atoms with Crippen molar-refractivity contribution in [1.29, 1.82) is 0 Å². The van der Waals surface area contributed by atoms with Gasteiger partial charge >= 0.3 is 0 Å². The summed E-state index contributed by atoms with van der Waals surface area (Å²) in [6.45, 7) is 7.31. The maximum absolute atomic E-state index is 13.4. The van der Waals surface area contributed by atoms with Crippen LogP contribution in [0.15, 0.2) is 39.7 Å². The fraction of sp³-hybridized carbons (Fsp3) is 0.320. The van der Waals surface area contributed by atoms with Gasteiger partial charge in [-0.2, -0.15) is 0 Å². The summed E-state index contributed by atoms with van der Waals surface area (Å²) in [5, 5.41) is 31.9. The highest BCUT2D eigenvalue weighted by molar-refractivity contribution is 5.91. The minimum Gasteiger partial charge on any atom is -0.507 e. The monoisotopic (exact) mass is 436 g/mol. The van der Waals surface area contributed by atoms with Gasteiger partial charge in [-0.05, 0) is 39.8 Å². The van der Waals surface area contributed by atoms with Crippen LogP contribution in [0.2, 0.25) is 0 Å². The number of fused-ring (bicyclic) bond motifs is 3. The summed E-state index contributed by atoms with van der Waals surface area (Å²) in [4.78, 5) is 13.4. The molecule has 0 saturated carbocycles. The molecule has 0 amide bonds. The minimum atomic E-state index is -0.852. The number of aliphatic hydroxyl groups excluding tert-OH is 1. The molecule has 0 spiro atoms. The van der Waals surface area contributed by atoms with E-state index in [2.05, 4.69) is 0 Å². The maximum Gasteiger partial charge on any atom is 0.204 e. The summed E-state index contributed by atoms with van der Waals surface area (Å²) in [5.74, 6) is 0.446. The lowest BCUT2D eigenvalue weighted by Crippen LogP contribution is -2.46. The molecule has 7 heteroatoms. The Morgan fingerprint density at radius 2 is 1.75 bits per heavy atom. The van der Waals surface area contributed by atoms with Crippen molar-refractivity contribution in [3.8, 4) is 34.1 Å². The molecule has 5 rings (SSSR count). The molecule has 2 aliphatic rings. The third-order valence-corrected chi connectivity index (χ3v) is 6.13. The zero-order valence-electron chi connectivity index (χ0n) is 18.2. The number of benzene rings is 2. The van der Waals surface area contributed by atoms with E-state index in [4.69, 9.17) is 13.9 Å². The Hall–Kier alpha value is -3.45. The summed E-state index contributed by atoms with van der Waals surface area (Å²) in [6.07, 6.45) is 4.31. The normalized spacial score (nSPS) is 20.2. The fourth-order valence-corrected chi connectivity index (χ4v) is 4.18. The van der Waals surface area contributed by atoms with Gasteiger partial charge in [0, 0.05) is 35.2 Å². The predicted molar refractivity (Wildman–Crippen MR) is 119 cm³/mol. The molecule has 1 atom stereocenters. The van der Waals surface area contributed by atoms with Crippen LogP contribution in [0.25, 0.3) is 28.2 Å². The highest BCUT2D eigenvalue weighted by Crippen LogP contribution is 2.43. The smallest absolute Gasteiger partial charge is 0.204 e. The third-order valence-electron chi connectivity index (χ3n) is 6.13. The van der Waals surface area contributed by atoms with Gasteiger partial charge in [-0.25, -0.2) is 0 Å². The molecule has 3 N–H and O–H groups in total. The number of hydrogen-bond donors (Lipinski definition) is 3. The molecular weight excluding hydrogens is 412 g/mol. The molecular formula is C25H24O7.